The predicted octanol–water partition coefficient (Wildman–Crippen LogP) is 4.09. The normalized spacial score (nSPS) is 11.9. The van der Waals surface area contributed by atoms with Gasteiger partial charge in [-0.05, 0) is 47.7 Å². The van der Waals surface area contributed by atoms with E-state index in [0.717, 1.165) is 5.56 Å². The minimum Gasteiger partial charge on any atom is -0.354 e. The van der Waals surface area contributed by atoms with Gasteiger partial charge in [0, 0.05) is 13.1 Å². The van der Waals surface area contributed by atoms with Crippen LogP contribution in [0.1, 0.15) is 38.3 Å². The maximum atomic E-state index is 13.3. The molecule has 29 heavy (non-hydrogen) atoms. The number of rotatable bonds is 9. The molecule has 0 fully saturated rings. The largest absolute Gasteiger partial charge is 0.354 e. The van der Waals surface area contributed by atoms with Crippen LogP contribution in [0.3, 0.4) is 0 Å². The van der Waals surface area contributed by atoms with E-state index in [-0.39, 0.29) is 42.3 Å². The summed E-state index contributed by atoms with van der Waals surface area (Å²) >= 11 is 0. The minimum atomic E-state index is -0.647. The molecule has 1 unspecified atom stereocenters. The SMILES string of the molecule is CCC(C(=O)NCC(C)C)N(Cc1ccc(F)cc1)C(=O)Cc1ccc(F)cc1. The maximum Gasteiger partial charge on any atom is 0.242 e. The van der Waals surface area contributed by atoms with E-state index >= 15 is 0 Å². The molecule has 0 aliphatic carbocycles. The zero-order valence-electron chi connectivity index (χ0n) is 17.1. The highest BCUT2D eigenvalue weighted by atomic mass is 19.1. The zero-order valence-corrected chi connectivity index (χ0v) is 17.1. The molecule has 2 amide bonds. The Kier molecular flexibility index (Phi) is 8.31. The van der Waals surface area contributed by atoms with E-state index in [4.69, 9.17) is 0 Å². The van der Waals surface area contributed by atoms with Gasteiger partial charge < -0.3 is 10.2 Å². The molecule has 4 nitrogen and oxygen atoms in total. The lowest BCUT2D eigenvalue weighted by Gasteiger charge is -2.31. The molecule has 1 atom stereocenters. The molecule has 0 bridgehead atoms. The standard InChI is InChI=1S/C23H28F2N2O2/c1-4-21(23(29)26-14-16(2)3)27(15-18-7-11-20(25)12-8-18)22(28)13-17-5-9-19(24)10-6-17/h5-12,16,21H,4,13-15H2,1-3H3,(H,26,29). The fourth-order valence-electron chi connectivity index (χ4n) is 3.01. The van der Waals surface area contributed by atoms with Crippen LogP contribution in [0, 0.1) is 17.6 Å². The average molecular weight is 402 g/mol. The van der Waals surface area contributed by atoms with Crippen LogP contribution in [-0.2, 0) is 22.6 Å². The zero-order chi connectivity index (χ0) is 21.4. The van der Waals surface area contributed by atoms with Gasteiger partial charge in [0.15, 0.2) is 0 Å². The number of amides is 2. The minimum absolute atomic E-state index is 0.0510. The fourth-order valence-corrected chi connectivity index (χ4v) is 3.01. The molecule has 0 saturated carbocycles. The first-order valence-corrected chi connectivity index (χ1v) is 9.86. The summed E-state index contributed by atoms with van der Waals surface area (Å²) in [7, 11) is 0. The van der Waals surface area contributed by atoms with E-state index in [1.54, 1.807) is 24.3 Å². The van der Waals surface area contributed by atoms with Crippen LogP contribution in [0.4, 0.5) is 8.78 Å². The first kappa shape index (κ1) is 22.5. The third-order valence-electron chi connectivity index (χ3n) is 4.61. The van der Waals surface area contributed by atoms with Crippen LogP contribution >= 0.6 is 0 Å². The summed E-state index contributed by atoms with van der Waals surface area (Å²) in [5.41, 5.74) is 1.40. The summed E-state index contributed by atoms with van der Waals surface area (Å²) in [5, 5.41) is 2.89. The lowest BCUT2D eigenvalue weighted by molar-refractivity contribution is -0.141. The Bertz CT molecular complexity index is 805. The second-order valence-corrected chi connectivity index (χ2v) is 7.51. The van der Waals surface area contributed by atoms with E-state index in [1.807, 2.05) is 20.8 Å². The summed E-state index contributed by atoms with van der Waals surface area (Å²) in [6.07, 6.45) is 0.496. The Balaban J connectivity index is 2.24. The molecular formula is C23H28F2N2O2. The van der Waals surface area contributed by atoms with Crippen molar-refractivity contribution in [3.8, 4) is 0 Å². The van der Waals surface area contributed by atoms with Crippen LogP contribution in [0.5, 0.6) is 0 Å². The first-order chi connectivity index (χ1) is 13.8. The molecule has 0 spiro atoms. The smallest absolute Gasteiger partial charge is 0.242 e. The van der Waals surface area contributed by atoms with E-state index in [9.17, 15) is 18.4 Å². The van der Waals surface area contributed by atoms with Crippen molar-refractivity contribution in [3.63, 3.8) is 0 Å². The van der Waals surface area contributed by atoms with Gasteiger partial charge in [-0.3, -0.25) is 9.59 Å². The molecule has 1 N–H and O–H groups in total. The number of halogens is 2. The van der Waals surface area contributed by atoms with Crippen molar-refractivity contribution in [2.24, 2.45) is 5.92 Å². The highest BCUT2D eigenvalue weighted by Crippen LogP contribution is 2.15. The van der Waals surface area contributed by atoms with Gasteiger partial charge in [0.25, 0.3) is 0 Å². The monoisotopic (exact) mass is 402 g/mol. The van der Waals surface area contributed by atoms with E-state index in [2.05, 4.69) is 5.32 Å². The number of hydrogen-bond acceptors (Lipinski definition) is 2. The number of nitrogens with zero attached hydrogens (tertiary/aromatic N) is 1. The molecule has 2 rings (SSSR count). The van der Waals surface area contributed by atoms with Crippen molar-refractivity contribution in [1.82, 2.24) is 10.2 Å². The van der Waals surface area contributed by atoms with Crippen molar-refractivity contribution in [3.05, 3.63) is 71.3 Å². The van der Waals surface area contributed by atoms with Gasteiger partial charge in [-0.2, -0.15) is 0 Å². The lowest BCUT2D eigenvalue weighted by Crippen LogP contribution is -2.50. The summed E-state index contributed by atoms with van der Waals surface area (Å²) in [4.78, 5) is 27.4. The van der Waals surface area contributed by atoms with Crippen LogP contribution < -0.4 is 5.32 Å². The third-order valence-corrected chi connectivity index (χ3v) is 4.61. The maximum absolute atomic E-state index is 13.3. The molecule has 0 saturated heterocycles. The molecule has 0 heterocycles. The highest BCUT2D eigenvalue weighted by molar-refractivity contribution is 5.88. The second kappa shape index (κ2) is 10.7. The molecule has 6 heteroatoms. The van der Waals surface area contributed by atoms with E-state index < -0.39 is 6.04 Å². The van der Waals surface area contributed by atoms with Gasteiger partial charge in [-0.15, -0.1) is 0 Å². The van der Waals surface area contributed by atoms with Crippen molar-refractivity contribution in [1.29, 1.82) is 0 Å². The van der Waals surface area contributed by atoms with Crippen LogP contribution in [0.2, 0.25) is 0 Å². The third kappa shape index (κ3) is 6.97. The summed E-state index contributed by atoms with van der Waals surface area (Å²) < 4.78 is 26.4. The number of carbonyl (C=O) groups excluding carboxylic acids is 2. The van der Waals surface area contributed by atoms with Crippen LogP contribution in [0.25, 0.3) is 0 Å². The fraction of sp³-hybridized carbons (Fsp3) is 0.391. The van der Waals surface area contributed by atoms with E-state index in [0.29, 0.717) is 18.5 Å². The van der Waals surface area contributed by atoms with Gasteiger partial charge in [-0.1, -0.05) is 45.0 Å². The molecule has 0 radical (unpaired) electrons. The van der Waals surface area contributed by atoms with Gasteiger partial charge in [-0.25, -0.2) is 8.78 Å². The molecule has 2 aromatic carbocycles. The number of nitrogens with one attached hydrogen (secondary N) is 1. The molecular weight excluding hydrogens is 374 g/mol. The van der Waals surface area contributed by atoms with Crippen molar-refractivity contribution in [2.45, 2.75) is 46.2 Å². The van der Waals surface area contributed by atoms with Gasteiger partial charge in [0.1, 0.15) is 17.7 Å². The summed E-state index contributed by atoms with van der Waals surface area (Å²) in [6.45, 7) is 6.55. The predicted molar refractivity (Wildman–Crippen MR) is 109 cm³/mol. The Hall–Kier alpha value is -2.76. The summed E-state index contributed by atoms with van der Waals surface area (Å²) in [5.74, 6) is -0.899. The van der Waals surface area contributed by atoms with Crippen molar-refractivity contribution < 1.29 is 18.4 Å². The van der Waals surface area contributed by atoms with Crippen molar-refractivity contribution >= 4 is 11.8 Å². The van der Waals surface area contributed by atoms with Gasteiger partial charge in [0.2, 0.25) is 11.8 Å². The molecule has 2 aromatic rings. The molecule has 156 valence electrons. The van der Waals surface area contributed by atoms with Gasteiger partial charge in [0.05, 0.1) is 6.42 Å². The Morgan fingerprint density at radius 2 is 1.45 bits per heavy atom. The number of benzene rings is 2. The Morgan fingerprint density at radius 1 is 0.931 bits per heavy atom. The van der Waals surface area contributed by atoms with Gasteiger partial charge >= 0.3 is 0 Å². The first-order valence-electron chi connectivity index (χ1n) is 9.86. The van der Waals surface area contributed by atoms with E-state index in [1.165, 1.54) is 29.2 Å². The number of hydrogen-bond donors (Lipinski definition) is 1. The molecule has 0 aliphatic rings. The number of carbonyl (C=O) groups is 2. The molecule has 0 aromatic heterocycles. The average Bonchev–Trinajstić information content (AvgIpc) is 2.69. The highest BCUT2D eigenvalue weighted by Gasteiger charge is 2.28. The lowest BCUT2D eigenvalue weighted by atomic mass is 10.1. The second-order valence-electron chi connectivity index (χ2n) is 7.51. The topological polar surface area (TPSA) is 49.4 Å². The summed E-state index contributed by atoms with van der Waals surface area (Å²) in [6, 6.07) is 11.0. The molecule has 0 aliphatic heterocycles. The van der Waals surface area contributed by atoms with Crippen LogP contribution in [-0.4, -0.2) is 29.3 Å². The Labute approximate surface area is 170 Å². The van der Waals surface area contributed by atoms with Crippen molar-refractivity contribution in [2.75, 3.05) is 6.54 Å². The van der Waals surface area contributed by atoms with Crippen LogP contribution in [0.15, 0.2) is 48.5 Å². The quantitative estimate of drug-likeness (QED) is 0.687. The Morgan fingerprint density at radius 3 is 1.93 bits per heavy atom.